The number of benzene rings is 1. The fourth-order valence-electron chi connectivity index (χ4n) is 1.89. The van der Waals surface area contributed by atoms with Gasteiger partial charge in [0, 0.05) is 5.02 Å². The van der Waals surface area contributed by atoms with E-state index in [4.69, 9.17) is 20.8 Å². The smallest absolute Gasteiger partial charge is 0.373 e. The Morgan fingerprint density at radius 3 is 2.71 bits per heavy atom. The number of methoxy groups -OCH3 is 2. The van der Waals surface area contributed by atoms with E-state index in [0.717, 1.165) is 5.69 Å². The monoisotopic (exact) mass is 309 g/mol. The Morgan fingerprint density at radius 1 is 1.29 bits per heavy atom. The molecule has 1 heterocycles. The summed E-state index contributed by atoms with van der Waals surface area (Å²) >= 11 is 5.99. The molecular weight excluding hydrogens is 294 g/mol. The highest BCUT2D eigenvalue weighted by Crippen LogP contribution is 2.31. The summed E-state index contributed by atoms with van der Waals surface area (Å²) in [5.41, 5.74) is 0.744. The Kier molecular flexibility index (Phi) is 4.75. The lowest BCUT2D eigenvalue weighted by Gasteiger charge is -2.16. The number of carbonyl (C=O) groups excluding carboxylic acids is 1. The van der Waals surface area contributed by atoms with Crippen molar-refractivity contribution in [1.82, 2.24) is 0 Å². The number of halogens is 1. The minimum Gasteiger partial charge on any atom is -0.495 e. The maximum absolute atomic E-state index is 11.4. The molecule has 0 aliphatic heterocycles. The number of esters is 1. The summed E-state index contributed by atoms with van der Waals surface area (Å²) < 4.78 is 15.3. The molecule has 1 atom stereocenters. The molecule has 5 nitrogen and oxygen atoms in total. The molecule has 1 unspecified atom stereocenters. The number of nitrogens with one attached hydrogen (secondary N) is 1. The first kappa shape index (κ1) is 15.3. The van der Waals surface area contributed by atoms with Crippen LogP contribution in [0, 0.1) is 0 Å². The normalized spacial score (nSPS) is 11.8. The molecule has 2 aromatic rings. The van der Waals surface area contributed by atoms with E-state index in [-0.39, 0.29) is 11.8 Å². The van der Waals surface area contributed by atoms with Gasteiger partial charge in [0.05, 0.1) is 25.9 Å². The van der Waals surface area contributed by atoms with Crippen LogP contribution in [0.5, 0.6) is 5.75 Å². The highest BCUT2D eigenvalue weighted by Gasteiger charge is 2.16. The Balaban J connectivity index is 2.18. The zero-order chi connectivity index (χ0) is 15.4. The molecule has 21 heavy (non-hydrogen) atoms. The fraction of sp³-hybridized carbons (Fsp3) is 0.267. The van der Waals surface area contributed by atoms with Gasteiger partial charge in [-0.2, -0.15) is 0 Å². The third-order valence-electron chi connectivity index (χ3n) is 2.97. The molecule has 2 rings (SSSR count). The van der Waals surface area contributed by atoms with Gasteiger partial charge in [0.2, 0.25) is 5.76 Å². The van der Waals surface area contributed by atoms with Crippen molar-refractivity contribution in [3.63, 3.8) is 0 Å². The second-order valence-electron chi connectivity index (χ2n) is 4.40. The summed E-state index contributed by atoms with van der Waals surface area (Å²) in [6.45, 7) is 1.90. The quantitative estimate of drug-likeness (QED) is 0.849. The van der Waals surface area contributed by atoms with Gasteiger partial charge in [-0.05, 0) is 37.3 Å². The molecule has 1 N–H and O–H groups in total. The standard InChI is InChI=1S/C15H16ClNO4/c1-9(12-6-7-14(21-12)15(18)20-3)17-11-8-10(16)4-5-13(11)19-2/h4-9,17H,1-3H3. The lowest BCUT2D eigenvalue weighted by atomic mass is 10.2. The van der Waals surface area contributed by atoms with Crippen LogP contribution >= 0.6 is 11.6 Å². The fourth-order valence-corrected chi connectivity index (χ4v) is 2.07. The van der Waals surface area contributed by atoms with Crippen LogP contribution in [0.25, 0.3) is 0 Å². The largest absolute Gasteiger partial charge is 0.495 e. The number of hydrogen-bond donors (Lipinski definition) is 1. The molecule has 0 bridgehead atoms. The first-order chi connectivity index (χ1) is 10.0. The van der Waals surface area contributed by atoms with E-state index in [1.807, 2.05) is 6.92 Å². The van der Waals surface area contributed by atoms with Gasteiger partial charge in [0.1, 0.15) is 11.5 Å². The lowest BCUT2D eigenvalue weighted by molar-refractivity contribution is 0.0562. The van der Waals surface area contributed by atoms with Crippen LogP contribution in [0.3, 0.4) is 0 Å². The molecule has 6 heteroatoms. The highest BCUT2D eigenvalue weighted by molar-refractivity contribution is 6.30. The van der Waals surface area contributed by atoms with Crippen LogP contribution in [0.15, 0.2) is 34.7 Å². The zero-order valence-electron chi connectivity index (χ0n) is 12.0. The maximum Gasteiger partial charge on any atom is 0.373 e. The molecule has 0 saturated carbocycles. The molecule has 0 spiro atoms. The molecule has 1 aromatic carbocycles. The van der Waals surface area contributed by atoms with Gasteiger partial charge < -0.3 is 19.2 Å². The first-order valence-corrected chi connectivity index (χ1v) is 6.71. The topological polar surface area (TPSA) is 60.7 Å². The molecule has 112 valence electrons. The number of carbonyl (C=O) groups is 1. The van der Waals surface area contributed by atoms with Crippen molar-refractivity contribution in [2.24, 2.45) is 0 Å². The molecule has 0 amide bonds. The predicted molar refractivity (Wildman–Crippen MR) is 80.1 cm³/mol. The lowest BCUT2D eigenvalue weighted by Crippen LogP contribution is -2.07. The first-order valence-electron chi connectivity index (χ1n) is 6.33. The van der Waals surface area contributed by atoms with Gasteiger partial charge in [-0.25, -0.2) is 4.79 Å². The summed E-state index contributed by atoms with van der Waals surface area (Å²) in [6, 6.07) is 8.42. The average molecular weight is 310 g/mol. The SMILES string of the molecule is COC(=O)c1ccc(C(C)Nc2cc(Cl)ccc2OC)o1. The van der Waals surface area contributed by atoms with Crippen molar-refractivity contribution in [2.75, 3.05) is 19.5 Å². The van der Waals surface area contributed by atoms with E-state index < -0.39 is 5.97 Å². The van der Waals surface area contributed by atoms with Crippen molar-refractivity contribution in [2.45, 2.75) is 13.0 Å². The molecular formula is C15H16ClNO4. The van der Waals surface area contributed by atoms with Gasteiger partial charge in [-0.15, -0.1) is 0 Å². The number of rotatable bonds is 5. The summed E-state index contributed by atoms with van der Waals surface area (Å²) in [6.07, 6.45) is 0. The number of anilines is 1. The van der Waals surface area contributed by atoms with Crippen molar-refractivity contribution < 1.29 is 18.7 Å². The predicted octanol–water partition coefficient (Wildman–Crippen LogP) is 3.90. The Bertz CT molecular complexity index is 638. The molecule has 0 fully saturated rings. The van der Waals surface area contributed by atoms with E-state index in [0.29, 0.717) is 16.5 Å². The zero-order valence-corrected chi connectivity index (χ0v) is 12.7. The van der Waals surface area contributed by atoms with Gasteiger partial charge in [-0.1, -0.05) is 11.6 Å². The van der Waals surface area contributed by atoms with E-state index in [2.05, 4.69) is 10.1 Å². The summed E-state index contributed by atoms with van der Waals surface area (Å²) in [4.78, 5) is 11.4. The van der Waals surface area contributed by atoms with E-state index >= 15 is 0 Å². The van der Waals surface area contributed by atoms with Gasteiger partial charge in [0.25, 0.3) is 0 Å². The van der Waals surface area contributed by atoms with Gasteiger partial charge >= 0.3 is 5.97 Å². The second kappa shape index (κ2) is 6.54. The third kappa shape index (κ3) is 3.49. The minimum atomic E-state index is -0.506. The number of hydrogen-bond acceptors (Lipinski definition) is 5. The number of ether oxygens (including phenoxy) is 2. The van der Waals surface area contributed by atoms with E-state index in [1.165, 1.54) is 7.11 Å². The third-order valence-corrected chi connectivity index (χ3v) is 3.21. The van der Waals surface area contributed by atoms with E-state index in [9.17, 15) is 4.79 Å². The highest BCUT2D eigenvalue weighted by atomic mass is 35.5. The molecule has 0 radical (unpaired) electrons. The molecule has 0 aliphatic carbocycles. The van der Waals surface area contributed by atoms with Gasteiger partial charge in [0.15, 0.2) is 0 Å². The summed E-state index contributed by atoms with van der Waals surface area (Å²) in [5, 5.41) is 3.83. The van der Waals surface area contributed by atoms with Crippen LogP contribution in [0.2, 0.25) is 5.02 Å². The Morgan fingerprint density at radius 2 is 2.05 bits per heavy atom. The van der Waals surface area contributed by atoms with Crippen molar-refractivity contribution in [1.29, 1.82) is 0 Å². The Hall–Kier alpha value is -2.14. The molecule has 0 aliphatic rings. The molecule has 0 saturated heterocycles. The van der Waals surface area contributed by atoms with Crippen molar-refractivity contribution >= 4 is 23.3 Å². The maximum atomic E-state index is 11.4. The Labute approximate surface area is 127 Å². The van der Waals surface area contributed by atoms with Crippen LogP contribution < -0.4 is 10.1 Å². The average Bonchev–Trinajstić information content (AvgIpc) is 2.96. The minimum absolute atomic E-state index is 0.166. The second-order valence-corrected chi connectivity index (χ2v) is 4.84. The van der Waals surface area contributed by atoms with Crippen LogP contribution in [-0.2, 0) is 4.74 Å². The van der Waals surface area contributed by atoms with Crippen LogP contribution in [-0.4, -0.2) is 20.2 Å². The van der Waals surface area contributed by atoms with Gasteiger partial charge in [-0.3, -0.25) is 0 Å². The van der Waals surface area contributed by atoms with Crippen LogP contribution in [0.1, 0.15) is 29.3 Å². The van der Waals surface area contributed by atoms with E-state index in [1.54, 1.807) is 37.4 Å². The molecule has 1 aromatic heterocycles. The number of furan rings is 1. The van der Waals surface area contributed by atoms with Crippen molar-refractivity contribution in [3.05, 3.63) is 46.9 Å². The van der Waals surface area contributed by atoms with Crippen LogP contribution in [0.4, 0.5) is 5.69 Å². The summed E-state index contributed by atoms with van der Waals surface area (Å²) in [7, 11) is 2.89. The summed E-state index contributed by atoms with van der Waals surface area (Å²) in [5.74, 6) is 0.941. The van der Waals surface area contributed by atoms with Crippen molar-refractivity contribution in [3.8, 4) is 5.75 Å².